The third-order valence-electron chi connectivity index (χ3n) is 1.70. The summed E-state index contributed by atoms with van der Waals surface area (Å²) in [5.41, 5.74) is 0.417. The molecule has 0 radical (unpaired) electrons. The molecule has 6 heteroatoms. The molecule has 15 heavy (non-hydrogen) atoms. The summed E-state index contributed by atoms with van der Waals surface area (Å²) in [5.74, 6) is -1.13. The molecule has 0 bridgehead atoms. The number of carboxylic acids is 1. The van der Waals surface area contributed by atoms with Gasteiger partial charge in [-0.3, -0.25) is 9.59 Å². The molecule has 1 aromatic heterocycles. The highest BCUT2D eigenvalue weighted by Gasteiger charge is 2.04. The number of rotatable bonds is 5. The van der Waals surface area contributed by atoms with Crippen LogP contribution in [-0.4, -0.2) is 33.7 Å². The molecule has 2 N–H and O–H groups in total. The van der Waals surface area contributed by atoms with Crippen molar-refractivity contribution in [1.29, 1.82) is 0 Å². The van der Waals surface area contributed by atoms with Crippen LogP contribution in [-0.2, 0) is 4.79 Å². The topological polar surface area (TPSA) is 92.2 Å². The Morgan fingerprint density at radius 2 is 2.20 bits per heavy atom. The molecule has 0 aliphatic carbocycles. The predicted octanol–water partition coefficient (Wildman–Crippen LogP) is 0.0712. The van der Waals surface area contributed by atoms with Crippen molar-refractivity contribution < 1.29 is 14.7 Å². The third-order valence-corrected chi connectivity index (χ3v) is 1.70. The minimum absolute atomic E-state index is 0.0505. The Morgan fingerprint density at radius 1 is 1.40 bits per heavy atom. The fraction of sp³-hybridized carbons (Fsp3) is 0.333. The predicted molar refractivity (Wildman–Crippen MR) is 51.2 cm³/mol. The molecule has 0 aliphatic rings. The van der Waals surface area contributed by atoms with E-state index in [1.807, 2.05) is 0 Å². The number of carbonyl (C=O) groups is 2. The highest BCUT2D eigenvalue weighted by molar-refractivity contribution is 5.93. The second kappa shape index (κ2) is 5.69. The number of aromatic nitrogens is 2. The monoisotopic (exact) mass is 209 g/mol. The molecule has 0 aliphatic heterocycles. The van der Waals surface area contributed by atoms with Crippen LogP contribution in [0.15, 0.2) is 18.5 Å². The summed E-state index contributed by atoms with van der Waals surface area (Å²) in [5, 5.41) is 18.0. The highest BCUT2D eigenvalue weighted by atomic mass is 16.4. The minimum Gasteiger partial charge on any atom is -0.481 e. The number of carbonyl (C=O) groups excluding carboxylic acids is 1. The van der Waals surface area contributed by atoms with Crippen molar-refractivity contribution in [1.82, 2.24) is 15.5 Å². The summed E-state index contributed by atoms with van der Waals surface area (Å²) in [7, 11) is 0. The molecule has 1 rings (SSSR count). The molecule has 0 saturated heterocycles. The van der Waals surface area contributed by atoms with Crippen LogP contribution in [0.4, 0.5) is 0 Å². The molecule has 0 fully saturated rings. The molecular formula is C9H11N3O3. The lowest BCUT2D eigenvalue weighted by Crippen LogP contribution is -2.25. The van der Waals surface area contributed by atoms with Gasteiger partial charge in [-0.25, -0.2) is 0 Å². The Balaban J connectivity index is 2.28. The third kappa shape index (κ3) is 4.17. The van der Waals surface area contributed by atoms with Crippen molar-refractivity contribution in [3.05, 3.63) is 24.0 Å². The zero-order valence-corrected chi connectivity index (χ0v) is 8.01. The van der Waals surface area contributed by atoms with E-state index in [9.17, 15) is 9.59 Å². The molecular weight excluding hydrogens is 198 g/mol. The Kier molecular flexibility index (Phi) is 4.21. The van der Waals surface area contributed by atoms with E-state index in [0.717, 1.165) is 0 Å². The van der Waals surface area contributed by atoms with Gasteiger partial charge in [-0.1, -0.05) is 0 Å². The van der Waals surface area contributed by atoms with Crippen molar-refractivity contribution >= 4 is 11.9 Å². The van der Waals surface area contributed by atoms with Crippen LogP contribution < -0.4 is 5.32 Å². The van der Waals surface area contributed by atoms with E-state index < -0.39 is 5.97 Å². The molecule has 6 nitrogen and oxygen atoms in total. The van der Waals surface area contributed by atoms with Gasteiger partial charge < -0.3 is 10.4 Å². The van der Waals surface area contributed by atoms with Gasteiger partial charge in [0.1, 0.15) is 0 Å². The van der Waals surface area contributed by atoms with Crippen molar-refractivity contribution in [3.63, 3.8) is 0 Å². The van der Waals surface area contributed by atoms with Gasteiger partial charge >= 0.3 is 5.97 Å². The molecule has 1 amide bonds. The molecule has 1 heterocycles. The maximum Gasteiger partial charge on any atom is 0.303 e. The summed E-state index contributed by atoms with van der Waals surface area (Å²) in [6, 6.07) is 1.54. The summed E-state index contributed by atoms with van der Waals surface area (Å²) in [4.78, 5) is 21.5. The Bertz CT molecular complexity index is 340. The lowest BCUT2D eigenvalue weighted by atomic mass is 10.2. The first-order valence-corrected chi connectivity index (χ1v) is 4.47. The van der Waals surface area contributed by atoms with Crippen molar-refractivity contribution in [2.45, 2.75) is 12.8 Å². The van der Waals surface area contributed by atoms with Crippen LogP contribution in [0.1, 0.15) is 23.2 Å². The van der Waals surface area contributed by atoms with Crippen molar-refractivity contribution in [2.75, 3.05) is 6.54 Å². The van der Waals surface area contributed by atoms with Gasteiger partial charge in [-0.2, -0.15) is 10.2 Å². The molecule has 0 aromatic carbocycles. The fourth-order valence-corrected chi connectivity index (χ4v) is 0.969. The number of aliphatic carboxylic acids is 1. The zero-order valence-electron chi connectivity index (χ0n) is 8.01. The van der Waals surface area contributed by atoms with Gasteiger partial charge in [0, 0.05) is 13.0 Å². The number of hydrogen-bond donors (Lipinski definition) is 2. The first-order chi connectivity index (χ1) is 7.20. The number of nitrogens with zero attached hydrogens (tertiary/aromatic N) is 2. The van der Waals surface area contributed by atoms with Gasteiger partial charge in [0.15, 0.2) is 0 Å². The second-order valence-electron chi connectivity index (χ2n) is 2.88. The van der Waals surface area contributed by atoms with E-state index in [4.69, 9.17) is 5.11 Å². The summed E-state index contributed by atoms with van der Waals surface area (Å²) >= 11 is 0. The van der Waals surface area contributed by atoms with E-state index in [-0.39, 0.29) is 12.3 Å². The maximum atomic E-state index is 11.4. The Morgan fingerprint density at radius 3 is 2.80 bits per heavy atom. The molecule has 0 saturated carbocycles. The second-order valence-corrected chi connectivity index (χ2v) is 2.88. The van der Waals surface area contributed by atoms with E-state index in [2.05, 4.69) is 15.5 Å². The largest absolute Gasteiger partial charge is 0.481 e. The average Bonchev–Trinajstić information content (AvgIpc) is 2.25. The molecule has 1 aromatic rings. The SMILES string of the molecule is O=C(O)CCCNC(=O)c1ccnnc1. The van der Waals surface area contributed by atoms with Crippen molar-refractivity contribution in [3.8, 4) is 0 Å². The Labute approximate surface area is 86.3 Å². The lowest BCUT2D eigenvalue weighted by molar-refractivity contribution is -0.137. The van der Waals surface area contributed by atoms with Crippen LogP contribution in [0.5, 0.6) is 0 Å². The highest BCUT2D eigenvalue weighted by Crippen LogP contribution is 1.94. The van der Waals surface area contributed by atoms with Gasteiger partial charge in [0.25, 0.3) is 5.91 Å². The van der Waals surface area contributed by atoms with Crippen molar-refractivity contribution in [2.24, 2.45) is 0 Å². The lowest BCUT2D eigenvalue weighted by Gasteiger charge is -2.02. The standard InChI is InChI=1S/C9H11N3O3/c13-8(14)2-1-4-10-9(15)7-3-5-11-12-6-7/h3,5-6H,1-2,4H2,(H,10,15)(H,13,14). The number of nitrogens with one attached hydrogen (secondary N) is 1. The average molecular weight is 209 g/mol. The van der Waals surface area contributed by atoms with Gasteiger partial charge in [-0.15, -0.1) is 0 Å². The fourth-order valence-electron chi connectivity index (χ4n) is 0.969. The van der Waals surface area contributed by atoms with Gasteiger partial charge in [0.2, 0.25) is 0 Å². The summed E-state index contributed by atoms with van der Waals surface area (Å²) in [6.45, 7) is 0.341. The number of amides is 1. The molecule has 0 spiro atoms. The Hall–Kier alpha value is -1.98. The number of hydrogen-bond acceptors (Lipinski definition) is 4. The molecule has 0 atom stereocenters. The summed E-state index contributed by atoms with van der Waals surface area (Å²) < 4.78 is 0. The smallest absolute Gasteiger partial charge is 0.303 e. The van der Waals surface area contributed by atoms with E-state index in [1.54, 1.807) is 6.07 Å². The molecule has 80 valence electrons. The van der Waals surface area contributed by atoms with Crippen LogP contribution >= 0.6 is 0 Å². The van der Waals surface area contributed by atoms with Crippen LogP contribution in [0.25, 0.3) is 0 Å². The van der Waals surface area contributed by atoms with Gasteiger partial charge in [0.05, 0.1) is 18.0 Å². The first-order valence-electron chi connectivity index (χ1n) is 4.47. The van der Waals surface area contributed by atoms with Gasteiger partial charge in [-0.05, 0) is 12.5 Å². The quantitative estimate of drug-likeness (QED) is 0.669. The van der Waals surface area contributed by atoms with Crippen LogP contribution in [0, 0.1) is 0 Å². The van der Waals surface area contributed by atoms with Crippen LogP contribution in [0.3, 0.4) is 0 Å². The van der Waals surface area contributed by atoms with E-state index in [1.165, 1.54) is 12.4 Å². The summed E-state index contributed by atoms with van der Waals surface area (Å²) in [6.07, 6.45) is 3.24. The first kappa shape index (κ1) is 11.1. The van der Waals surface area contributed by atoms with Crippen LogP contribution in [0.2, 0.25) is 0 Å². The maximum absolute atomic E-state index is 11.4. The van der Waals surface area contributed by atoms with E-state index >= 15 is 0 Å². The van der Waals surface area contributed by atoms with E-state index in [0.29, 0.717) is 18.5 Å². The number of carboxylic acid groups (broad SMARTS) is 1. The molecule has 0 unspecified atom stereocenters. The minimum atomic E-state index is -0.866. The zero-order chi connectivity index (χ0) is 11.1. The normalized spacial score (nSPS) is 9.60.